The number of hydrogen-bond acceptors (Lipinski definition) is 4. The van der Waals surface area contributed by atoms with E-state index >= 15 is 0 Å². The van der Waals surface area contributed by atoms with Crippen LogP contribution >= 0.6 is 15.9 Å². The third-order valence-corrected chi connectivity index (χ3v) is 6.11. The molecule has 5 nitrogen and oxygen atoms in total. The van der Waals surface area contributed by atoms with Crippen molar-refractivity contribution < 1.29 is 13.2 Å². The Hall–Kier alpha value is -0.630. The number of benzene rings is 1. The molecule has 0 fully saturated rings. The number of rotatable bonds is 8. The Labute approximate surface area is 135 Å². The van der Waals surface area contributed by atoms with Crippen molar-refractivity contribution in [1.29, 1.82) is 0 Å². The van der Waals surface area contributed by atoms with Gasteiger partial charge in [0.1, 0.15) is 0 Å². The van der Waals surface area contributed by atoms with E-state index in [1.807, 2.05) is 13.8 Å². The molecule has 0 saturated carbocycles. The molecular weight excluding hydrogens is 356 g/mol. The normalized spacial score (nSPS) is 12.3. The van der Waals surface area contributed by atoms with Gasteiger partial charge in [-0.05, 0) is 47.0 Å². The lowest BCUT2D eigenvalue weighted by molar-refractivity contribution is 0.163. The standard InChI is InChI=1S/C14H23BrN2O3S/c1-4-11(5-2)17(8-9-20-3)21(18,19)12-6-7-13(15)14(16)10-12/h6-7,10-11H,4-5,8-9,16H2,1-3H3. The minimum Gasteiger partial charge on any atom is -0.398 e. The van der Waals surface area contributed by atoms with Gasteiger partial charge in [0, 0.05) is 29.9 Å². The van der Waals surface area contributed by atoms with E-state index in [1.54, 1.807) is 19.2 Å². The smallest absolute Gasteiger partial charge is 0.243 e. The number of halogens is 1. The van der Waals surface area contributed by atoms with Crippen LogP contribution in [0.15, 0.2) is 27.6 Å². The molecule has 2 N–H and O–H groups in total. The monoisotopic (exact) mass is 378 g/mol. The molecule has 0 aliphatic rings. The average Bonchev–Trinajstić information content (AvgIpc) is 2.46. The summed E-state index contributed by atoms with van der Waals surface area (Å²) in [4.78, 5) is 0.214. The Kier molecular flexibility index (Phi) is 7.12. The molecule has 1 rings (SSSR count). The number of ether oxygens (including phenoxy) is 1. The first-order chi connectivity index (χ1) is 9.88. The van der Waals surface area contributed by atoms with Crippen LogP contribution in [0, 0.1) is 0 Å². The summed E-state index contributed by atoms with van der Waals surface area (Å²) >= 11 is 3.28. The van der Waals surface area contributed by atoms with E-state index in [-0.39, 0.29) is 10.9 Å². The Morgan fingerprint density at radius 1 is 1.33 bits per heavy atom. The fourth-order valence-corrected chi connectivity index (χ4v) is 4.23. The lowest BCUT2D eigenvalue weighted by Gasteiger charge is -2.29. The van der Waals surface area contributed by atoms with Crippen molar-refractivity contribution in [2.75, 3.05) is 26.0 Å². The summed E-state index contributed by atoms with van der Waals surface area (Å²) in [6, 6.07) is 4.67. The molecule has 21 heavy (non-hydrogen) atoms. The molecule has 1 aromatic rings. The number of nitrogen functional groups attached to an aromatic ring is 1. The van der Waals surface area contributed by atoms with Crippen LogP contribution in [0.2, 0.25) is 0 Å². The van der Waals surface area contributed by atoms with Crippen LogP contribution in [0.4, 0.5) is 5.69 Å². The fourth-order valence-electron chi connectivity index (χ4n) is 2.19. The third-order valence-electron chi connectivity index (χ3n) is 3.44. The zero-order chi connectivity index (χ0) is 16.0. The molecule has 0 aliphatic heterocycles. The Morgan fingerprint density at radius 2 is 1.95 bits per heavy atom. The van der Waals surface area contributed by atoms with Gasteiger partial charge in [0.15, 0.2) is 0 Å². The molecule has 0 saturated heterocycles. The maximum atomic E-state index is 12.9. The molecule has 0 spiro atoms. The number of hydrogen-bond donors (Lipinski definition) is 1. The molecule has 0 bridgehead atoms. The molecule has 120 valence electrons. The molecule has 0 amide bonds. The maximum absolute atomic E-state index is 12.9. The van der Waals surface area contributed by atoms with Crippen molar-refractivity contribution in [1.82, 2.24) is 4.31 Å². The summed E-state index contributed by atoms with van der Waals surface area (Å²) in [6.07, 6.45) is 1.51. The highest BCUT2D eigenvalue weighted by atomic mass is 79.9. The highest BCUT2D eigenvalue weighted by molar-refractivity contribution is 9.10. The number of sulfonamides is 1. The first-order valence-corrected chi connectivity index (χ1v) is 9.17. The van der Waals surface area contributed by atoms with Crippen molar-refractivity contribution in [2.45, 2.75) is 37.6 Å². The second-order valence-electron chi connectivity index (χ2n) is 4.76. The molecule has 1 aromatic carbocycles. The molecular formula is C14H23BrN2O3S. The van der Waals surface area contributed by atoms with E-state index in [9.17, 15) is 8.42 Å². The third kappa shape index (κ3) is 4.42. The van der Waals surface area contributed by atoms with Crippen molar-refractivity contribution in [3.8, 4) is 0 Å². The van der Waals surface area contributed by atoms with Crippen molar-refractivity contribution in [3.63, 3.8) is 0 Å². The van der Waals surface area contributed by atoms with E-state index in [0.29, 0.717) is 23.3 Å². The Balaban J connectivity index is 3.21. The second-order valence-corrected chi connectivity index (χ2v) is 7.51. The van der Waals surface area contributed by atoms with Gasteiger partial charge >= 0.3 is 0 Å². The molecule has 0 unspecified atom stereocenters. The van der Waals surface area contributed by atoms with Gasteiger partial charge in [0.05, 0.1) is 11.5 Å². The highest BCUT2D eigenvalue weighted by Gasteiger charge is 2.29. The quantitative estimate of drug-likeness (QED) is 0.705. The zero-order valence-corrected chi connectivity index (χ0v) is 15.1. The van der Waals surface area contributed by atoms with Gasteiger partial charge in [-0.1, -0.05) is 13.8 Å². The van der Waals surface area contributed by atoms with Crippen LogP contribution in [0.1, 0.15) is 26.7 Å². The minimum atomic E-state index is -3.58. The molecule has 0 aliphatic carbocycles. The van der Waals surface area contributed by atoms with Gasteiger partial charge in [0.25, 0.3) is 0 Å². The van der Waals surface area contributed by atoms with Crippen molar-refractivity contribution in [3.05, 3.63) is 22.7 Å². The van der Waals surface area contributed by atoms with Crippen molar-refractivity contribution in [2.24, 2.45) is 0 Å². The SMILES string of the molecule is CCC(CC)N(CCOC)S(=O)(=O)c1ccc(Br)c(N)c1. The van der Waals surface area contributed by atoms with Crippen LogP contribution in [0.3, 0.4) is 0 Å². The van der Waals surface area contributed by atoms with Crippen LogP contribution in [-0.2, 0) is 14.8 Å². The molecule has 0 heterocycles. The number of nitrogens with zero attached hydrogens (tertiary/aromatic N) is 1. The van der Waals surface area contributed by atoms with Gasteiger partial charge < -0.3 is 10.5 Å². The second kappa shape index (κ2) is 8.12. The van der Waals surface area contributed by atoms with Crippen LogP contribution in [-0.4, -0.2) is 39.0 Å². The number of methoxy groups -OCH3 is 1. The predicted molar refractivity (Wildman–Crippen MR) is 88.7 cm³/mol. The maximum Gasteiger partial charge on any atom is 0.243 e. The lowest BCUT2D eigenvalue weighted by Crippen LogP contribution is -2.41. The average molecular weight is 379 g/mol. The largest absolute Gasteiger partial charge is 0.398 e. The molecule has 7 heteroatoms. The summed E-state index contributed by atoms with van der Waals surface area (Å²) in [5.74, 6) is 0. The van der Waals surface area contributed by atoms with E-state index in [0.717, 1.165) is 12.8 Å². The molecule has 0 aromatic heterocycles. The van der Waals surface area contributed by atoms with Gasteiger partial charge in [-0.3, -0.25) is 0 Å². The van der Waals surface area contributed by atoms with Gasteiger partial charge in [-0.25, -0.2) is 8.42 Å². The van der Waals surface area contributed by atoms with Gasteiger partial charge in [-0.15, -0.1) is 0 Å². The van der Waals surface area contributed by atoms with Gasteiger partial charge in [-0.2, -0.15) is 4.31 Å². The first-order valence-electron chi connectivity index (χ1n) is 6.94. The van der Waals surface area contributed by atoms with Crippen molar-refractivity contribution >= 4 is 31.6 Å². The van der Waals surface area contributed by atoms with Crippen LogP contribution < -0.4 is 5.73 Å². The number of nitrogens with two attached hydrogens (primary N) is 1. The topological polar surface area (TPSA) is 72.6 Å². The van der Waals surface area contributed by atoms with Crippen LogP contribution in [0.25, 0.3) is 0 Å². The Morgan fingerprint density at radius 3 is 2.43 bits per heavy atom. The summed E-state index contributed by atoms with van der Waals surface area (Å²) in [5.41, 5.74) is 6.21. The summed E-state index contributed by atoms with van der Waals surface area (Å²) in [7, 11) is -2.02. The van der Waals surface area contributed by atoms with E-state index in [2.05, 4.69) is 15.9 Å². The van der Waals surface area contributed by atoms with E-state index in [1.165, 1.54) is 10.4 Å². The van der Waals surface area contributed by atoms with E-state index in [4.69, 9.17) is 10.5 Å². The Bertz CT molecular complexity index is 559. The summed E-state index contributed by atoms with van der Waals surface area (Å²) in [6.45, 7) is 4.67. The minimum absolute atomic E-state index is 0.0463. The van der Waals surface area contributed by atoms with Crippen LogP contribution in [0.5, 0.6) is 0 Å². The highest BCUT2D eigenvalue weighted by Crippen LogP contribution is 2.26. The molecule has 0 atom stereocenters. The number of anilines is 1. The fraction of sp³-hybridized carbons (Fsp3) is 0.571. The lowest BCUT2D eigenvalue weighted by atomic mass is 10.2. The summed E-state index contributed by atoms with van der Waals surface area (Å²) in [5, 5.41) is 0. The first kappa shape index (κ1) is 18.4. The molecule has 0 radical (unpaired) electrons. The van der Waals surface area contributed by atoms with E-state index < -0.39 is 10.0 Å². The van der Waals surface area contributed by atoms with Gasteiger partial charge in [0.2, 0.25) is 10.0 Å². The predicted octanol–water partition coefficient (Wildman–Crippen LogP) is 2.86. The summed E-state index contributed by atoms with van der Waals surface area (Å²) < 4.78 is 33.0. The zero-order valence-electron chi connectivity index (χ0n) is 12.7.